The standard InChI is InChI=1S/C15H18O2/c1-10-5-4-6-11(2)8-14-15(13(16)7-10)12(3)9-17-14/h6-7,9H,4-5,8H2,1-3H3/b10-7+,11-6?. The van der Waals surface area contributed by atoms with Gasteiger partial charge in [0.2, 0.25) is 0 Å². The van der Waals surface area contributed by atoms with Crippen LogP contribution in [0, 0.1) is 6.92 Å². The van der Waals surface area contributed by atoms with Crippen LogP contribution in [0.25, 0.3) is 0 Å². The Balaban J connectivity index is 2.49. The third kappa shape index (κ3) is 2.57. The second-order valence-electron chi connectivity index (χ2n) is 4.84. The van der Waals surface area contributed by atoms with Crippen molar-refractivity contribution in [2.75, 3.05) is 0 Å². The molecule has 0 spiro atoms. The molecule has 17 heavy (non-hydrogen) atoms. The minimum atomic E-state index is 0.0819. The van der Waals surface area contributed by atoms with Crippen molar-refractivity contribution in [3.8, 4) is 0 Å². The van der Waals surface area contributed by atoms with E-state index in [1.54, 1.807) is 12.3 Å². The summed E-state index contributed by atoms with van der Waals surface area (Å²) in [6.45, 7) is 6.03. The van der Waals surface area contributed by atoms with Gasteiger partial charge in [-0.3, -0.25) is 4.79 Å². The monoisotopic (exact) mass is 230 g/mol. The first-order chi connectivity index (χ1) is 8.08. The molecular weight excluding hydrogens is 212 g/mol. The summed E-state index contributed by atoms with van der Waals surface area (Å²) in [7, 11) is 0. The van der Waals surface area contributed by atoms with Crippen molar-refractivity contribution in [2.45, 2.75) is 40.0 Å². The highest BCUT2D eigenvalue weighted by Gasteiger charge is 2.17. The van der Waals surface area contributed by atoms with Gasteiger partial charge in [-0.1, -0.05) is 17.2 Å². The lowest BCUT2D eigenvalue weighted by Crippen LogP contribution is -2.02. The number of hydrogen-bond donors (Lipinski definition) is 0. The molecule has 0 saturated heterocycles. The molecule has 1 aliphatic rings. The SMILES string of the molecule is CC1=CCC/C(C)=C/C(=O)c2c(C)coc2C1. The van der Waals surface area contributed by atoms with Crippen molar-refractivity contribution >= 4 is 5.78 Å². The second-order valence-corrected chi connectivity index (χ2v) is 4.84. The normalized spacial score (nSPS) is 20.3. The molecule has 1 aromatic heterocycles. The molecule has 0 aromatic carbocycles. The van der Waals surface area contributed by atoms with Crippen molar-refractivity contribution in [3.63, 3.8) is 0 Å². The molecule has 2 heteroatoms. The van der Waals surface area contributed by atoms with Gasteiger partial charge in [0.15, 0.2) is 5.78 Å². The second kappa shape index (κ2) is 4.74. The lowest BCUT2D eigenvalue weighted by Gasteiger charge is -2.06. The molecule has 0 unspecified atom stereocenters. The Bertz CT molecular complexity index is 501. The smallest absolute Gasteiger partial charge is 0.189 e. The molecule has 0 saturated carbocycles. The highest BCUT2D eigenvalue weighted by atomic mass is 16.3. The topological polar surface area (TPSA) is 30.2 Å². The summed E-state index contributed by atoms with van der Waals surface area (Å²) in [6, 6.07) is 0. The van der Waals surface area contributed by atoms with E-state index in [2.05, 4.69) is 13.0 Å². The predicted molar refractivity (Wildman–Crippen MR) is 68.2 cm³/mol. The third-order valence-corrected chi connectivity index (χ3v) is 3.15. The van der Waals surface area contributed by atoms with E-state index < -0.39 is 0 Å². The minimum Gasteiger partial charge on any atom is -0.468 e. The lowest BCUT2D eigenvalue weighted by atomic mass is 9.98. The van der Waals surface area contributed by atoms with Crippen LogP contribution < -0.4 is 0 Å². The molecule has 0 amide bonds. The largest absolute Gasteiger partial charge is 0.468 e. The van der Waals surface area contributed by atoms with Gasteiger partial charge in [-0.25, -0.2) is 0 Å². The van der Waals surface area contributed by atoms with Gasteiger partial charge in [-0.05, 0) is 45.3 Å². The van der Waals surface area contributed by atoms with Crippen LogP contribution in [0.4, 0.5) is 0 Å². The minimum absolute atomic E-state index is 0.0819. The molecule has 0 fully saturated rings. The molecule has 0 aliphatic heterocycles. The van der Waals surface area contributed by atoms with Crippen molar-refractivity contribution in [3.05, 3.63) is 46.4 Å². The summed E-state index contributed by atoms with van der Waals surface area (Å²) in [6.07, 6.45) is 8.34. The average Bonchev–Trinajstić information content (AvgIpc) is 2.58. The summed E-state index contributed by atoms with van der Waals surface area (Å²) in [5.74, 6) is 0.880. The maximum Gasteiger partial charge on any atom is 0.189 e. The Kier molecular flexibility index (Phi) is 3.32. The fourth-order valence-corrected chi connectivity index (χ4v) is 2.20. The van der Waals surface area contributed by atoms with Crippen LogP contribution in [0.3, 0.4) is 0 Å². The van der Waals surface area contributed by atoms with E-state index in [0.717, 1.165) is 41.7 Å². The molecule has 0 atom stereocenters. The molecule has 0 radical (unpaired) electrons. The fraction of sp³-hybridized carbons (Fsp3) is 0.400. The first-order valence-electron chi connectivity index (χ1n) is 6.02. The molecular formula is C15H18O2. The van der Waals surface area contributed by atoms with Crippen LogP contribution in [0.1, 0.15) is 48.4 Å². The number of allylic oxidation sites excluding steroid dienone is 4. The van der Waals surface area contributed by atoms with Crippen molar-refractivity contribution in [1.29, 1.82) is 0 Å². The van der Waals surface area contributed by atoms with Gasteiger partial charge in [0, 0.05) is 6.42 Å². The van der Waals surface area contributed by atoms with Gasteiger partial charge in [0.1, 0.15) is 5.76 Å². The number of ketones is 1. The molecule has 1 aliphatic carbocycles. The van der Waals surface area contributed by atoms with Crippen LogP contribution in [-0.4, -0.2) is 5.78 Å². The summed E-state index contributed by atoms with van der Waals surface area (Å²) in [5, 5.41) is 0. The molecule has 0 bridgehead atoms. The van der Waals surface area contributed by atoms with E-state index in [1.807, 2.05) is 13.8 Å². The van der Waals surface area contributed by atoms with Crippen molar-refractivity contribution in [2.24, 2.45) is 0 Å². The Hall–Kier alpha value is -1.57. The molecule has 2 rings (SSSR count). The summed E-state index contributed by atoms with van der Waals surface area (Å²) in [5.41, 5.74) is 4.08. The molecule has 1 aromatic rings. The van der Waals surface area contributed by atoms with Crippen LogP contribution in [0.15, 0.2) is 34.0 Å². The maximum atomic E-state index is 12.2. The zero-order valence-corrected chi connectivity index (χ0v) is 10.7. The predicted octanol–water partition coefficient (Wildman–Crippen LogP) is 4.00. The van der Waals surface area contributed by atoms with Crippen molar-refractivity contribution < 1.29 is 9.21 Å². The fourth-order valence-electron chi connectivity index (χ4n) is 2.20. The zero-order chi connectivity index (χ0) is 12.4. The van der Waals surface area contributed by atoms with Gasteiger partial charge in [-0.2, -0.15) is 0 Å². The first-order valence-corrected chi connectivity index (χ1v) is 6.02. The Morgan fingerprint density at radius 1 is 1.18 bits per heavy atom. The average molecular weight is 230 g/mol. The Morgan fingerprint density at radius 2 is 1.94 bits per heavy atom. The molecule has 2 nitrogen and oxygen atoms in total. The van der Waals surface area contributed by atoms with E-state index in [4.69, 9.17) is 4.42 Å². The first kappa shape index (κ1) is 11.9. The molecule has 90 valence electrons. The summed E-state index contributed by atoms with van der Waals surface area (Å²) in [4.78, 5) is 12.2. The summed E-state index contributed by atoms with van der Waals surface area (Å²) < 4.78 is 5.50. The van der Waals surface area contributed by atoms with Gasteiger partial charge in [-0.15, -0.1) is 0 Å². The van der Waals surface area contributed by atoms with E-state index in [0.29, 0.717) is 0 Å². The summed E-state index contributed by atoms with van der Waals surface area (Å²) >= 11 is 0. The van der Waals surface area contributed by atoms with Crippen LogP contribution >= 0.6 is 0 Å². The number of aryl methyl sites for hydroxylation is 1. The number of carbonyl (C=O) groups excluding carboxylic acids is 1. The number of hydrogen-bond acceptors (Lipinski definition) is 2. The van der Waals surface area contributed by atoms with Crippen molar-refractivity contribution in [1.82, 2.24) is 0 Å². The lowest BCUT2D eigenvalue weighted by molar-refractivity contribution is 0.104. The van der Waals surface area contributed by atoms with E-state index >= 15 is 0 Å². The Morgan fingerprint density at radius 3 is 2.71 bits per heavy atom. The highest BCUT2D eigenvalue weighted by Crippen LogP contribution is 2.23. The number of furan rings is 1. The van der Waals surface area contributed by atoms with Crippen LogP contribution in [-0.2, 0) is 6.42 Å². The third-order valence-electron chi connectivity index (χ3n) is 3.15. The van der Waals surface area contributed by atoms with Crippen LogP contribution in [0.5, 0.6) is 0 Å². The number of carbonyl (C=O) groups is 1. The van der Waals surface area contributed by atoms with Crippen LogP contribution in [0.2, 0.25) is 0 Å². The van der Waals surface area contributed by atoms with E-state index in [-0.39, 0.29) is 5.78 Å². The highest BCUT2D eigenvalue weighted by molar-refractivity contribution is 6.06. The van der Waals surface area contributed by atoms with Gasteiger partial charge in [0.05, 0.1) is 11.8 Å². The van der Waals surface area contributed by atoms with Gasteiger partial charge >= 0.3 is 0 Å². The quantitative estimate of drug-likeness (QED) is 0.630. The van der Waals surface area contributed by atoms with E-state index in [1.165, 1.54) is 5.57 Å². The van der Waals surface area contributed by atoms with Gasteiger partial charge < -0.3 is 4.42 Å². The maximum absolute atomic E-state index is 12.2. The number of rotatable bonds is 0. The number of fused-ring (bicyclic) bond motifs is 1. The molecule has 0 N–H and O–H groups in total. The van der Waals surface area contributed by atoms with Gasteiger partial charge in [0.25, 0.3) is 0 Å². The Labute approximate surface area is 102 Å². The van der Waals surface area contributed by atoms with E-state index in [9.17, 15) is 4.79 Å². The molecule has 1 heterocycles. The zero-order valence-electron chi connectivity index (χ0n) is 10.7.